The zero-order chi connectivity index (χ0) is 7.28. The second kappa shape index (κ2) is 4.25. The van der Waals surface area contributed by atoms with Crippen molar-refractivity contribution in [3.05, 3.63) is 0 Å². The number of carbonyl (C=O) groups is 1. The van der Waals surface area contributed by atoms with Gasteiger partial charge in [-0.05, 0) is 6.92 Å². The number of methoxy groups -OCH3 is 1. The van der Waals surface area contributed by atoms with Gasteiger partial charge in [-0.1, -0.05) is 0 Å². The molecule has 5 nitrogen and oxygen atoms in total. The molecule has 0 unspecified atom stereocenters. The number of rotatable bonds is 3. The van der Waals surface area contributed by atoms with Crippen LogP contribution in [-0.2, 0) is 14.5 Å². The molecule has 0 saturated heterocycles. The molecule has 0 spiro atoms. The molecule has 0 aliphatic rings. The predicted octanol–water partition coefficient (Wildman–Crippen LogP) is -1.06. The second-order valence-corrected chi connectivity index (χ2v) is 1.48. The smallest absolute Gasteiger partial charge is 0.324 e. The Labute approximate surface area is 53.0 Å². The summed E-state index contributed by atoms with van der Waals surface area (Å²) in [7, 11) is 1.29. The van der Waals surface area contributed by atoms with Gasteiger partial charge >= 0.3 is 5.97 Å². The normalized spacial score (nSPS) is 12.8. The van der Waals surface area contributed by atoms with Gasteiger partial charge in [0.05, 0.1) is 7.11 Å². The van der Waals surface area contributed by atoms with Crippen LogP contribution in [0.15, 0.2) is 0 Å². The zero-order valence-corrected chi connectivity index (χ0v) is 5.38. The quantitative estimate of drug-likeness (QED) is 0.380. The number of nitrogens with two attached hydrogens (primary N) is 1. The molecule has 54 valence electrons. The van der Waals surface area contributed by atoms with E-state index in [0.29, 0.717) is 0 Å². The molecular weight excluding hydrogens is 124 g/mol. The number of carbonyl (C=O) groups excluding carboxylic acids is 1. The molecule has 3 N–H and O–H groups in total. The van der Waals surface area contributed by atoms with Gasteiger partial charge in [0, 0.05) is 0 Å². The third kappa shape index (κ3) is 3.02. The highest BCUT2D eigenvalue weighted by Crippen LogP contribution is 1.82. The highest BCUT2D eigenvalue weighted by Gasteiger charge is 2.10. The Morgan fingerprint density at radius 2 is 2.33 bits per heavy atom. The monoisotopic (exact) mass is 134 g/mol. The largest absolute Gasteiger partial charge is 0.468 e. The molecule has 5 heteroatoms. The van der Waals surface area contributed by atoms with Crippen LogP contribution in [0.25, 0.3) is 0 Å². The molecule has 0 aliphatic heterocycles. The number of esters is 1. The molecular formula is C4H10N2O3. The summed E-state index contributed by atoms with van der Waals surface area (Å²) in [4.78, 5) is 14.5. The van der Waals surface area contributed by atoms with E-state index in [-0.39, 0.29) is 0 Å². The van der Waals surface area contributed by atoms with Gasteiger partial charge in [0.15, 0.2) is 0 Å². The van der Waals surface area contributed by atoms with Crippen molar-refractivity contribution in [2.24, 2.45) is 5.90 Å². The lowest BCUT2D eigenvalue weighted by Crippen LogP contribution is -2.36. The first kappa shape index (κ1) is 8.35. The van der Waals surface area contributed by atoms with E-state index in [1.54, 1.807) is 6.92 Å². The second-order valence-electron chi connectivity index (χ2n) is 1.48. The molecule has 0 aliphatic carbocycles. The van der Waals surface area contributed by atoms with Crippen LogP contribution in [0.3, 0.4) is 0 Å². The van der Waals surface area contributed by atoms with Crippen molar-refractivity contribution in [1.82, 2.24) is 5.48 Å². The maximum absolute atomic E-state index is 10.5. The maximum Gasteiger partial charge on any atom is 0.324 e. The lowest BCUT2D eigenvalue weighted by atomic mass is 10.4. The van der Waals surface area contributed by atoms with Gasteiger partial charge in [0.1, 0.15) is 6.04 Å². The summed E-state index contributed by atoms with van der Waals surface area (Å²) < 4.78 is 4.33. The van der Waals surface area contributed by atoms with Crippen molar-refractivity contribution < 1.29 is 14.5 Å². The van der Waals surface area contributed by atoms with Gasteiger partial charge < -0.3 is 4.74 Å². The minimum absolute atomic E-state index is 0.416. The summed E-state index contributed by atoms with van der Waals surface area (Å²) in [5, 5.41) is 0. The Kier molecular flexibility index (Phi) is 3.94. The summed E-state index contributed by atoms with van der Waals surface area (Å²) in [5.41, 5.74) is 2.20. The van der Waals surface area contributed by atoms with Gasteiger partial charge in [-0.25, -0.2) is 4.94 Å². The van der Waals surface area contributed by atoms with Crippen LogP contribution in [0.2, 0.25) is 0 Å². The molecule has 0 bridgehead atoms. The van der Waals surface area contributed by atoms with Gasteiger partial charge in [-0.15, -0.1) is 0 Å². The number of hydroxylamine groups is 1. The first-order valence-electron chi connectivity index (χ1n) is 2.41. The molecule has 9 heavy (non-hydrogen) atoms. The summed E-state index contributed by atoms with van der Waals surface area (Å²) in [5.74, 6) is 4.19. The third-order valence-corrected chi connectivity index (χ3v) is 0.800. The number of ether oxygens (including phenoxy) is 1. The van der Waals surface area contributed by atoms with Gasteiger partial charge in [-0.3, -0.25) is 4.79 Å². The van der Waals surface area contributed by atoms with Gasteiger partial charge in [0.2, 0.25) is 0 Å². The number of hydrogen-bond acceptors (Lipinski definition) is 5. The van der Waals surface area contributed by atoms with Crippen molar-refractivity contribution in [3.8, 4) is 0 Å². The average molecular weight is 134 g/mol. The molecule has 0 fully saturated rings. The minimum atomic E-state index is -0.528. The molecule has 0 aromatic carbocycles. The van der Waals surface area contributed by atoms with Gasteiger partial charge in [-0.2, -0.15) is 11.4 Å². The molecule has 0 rings (SSSR count). The topological polar surface area (TPSA) is 73.6 Å². The highest BCUT2D eigenvalue weighted by atomic mass is 16.8. The van der Waals surface area contributed by atoms with Crippen molar-refractivity contribution >= 4 is 5.97 Å². The Hall–Kier alpha value is -0.650. The molecule has 0 aromatic rings. The van der Waals surface area contributed by atoms with E-state index in [2.05, 4.69) is 21.1 Å². The molecule has 0 amide bonds. The van der Waals surface area contributed by atoms with Crippen LogP contribution >= 0.6 is 0 Å². The van der Waals surface area contributed by atoms with Gasteiger partial charge in [0.25, 0.3) is 0 Å². The van der Waals surface area contributed by atoms with E-state index in [1.807, 2.05) is 0 Å². The van der Waals surface area contributed by atoms with Crippen molar-refractivity contribution in [3.63, 3.8) is 0 Å². The highest BCUT2D eigenvalue weighted by molar-refractivity contribution is 5.74. The first-order valence-corrected chi connectivity index (χ1v) is 2.41. The van der Waals surface area contributed by atoms with Crippen LogP contribution in [-0.4, -0.2) is 19.1 Å². The van der Waals surface area contributed by atoms with Crippen LogP contribution < -0.4 is 11.4 Å². The fourth-order valence-electron chi connectivity index (χ4n) is 0.327. The van der Waals surface area contributed by atoms with E-state index in [9.17, 15) is 4.79 Å². The van der Waals surface area contributed by atoms with E-state index in [1.165, 1.54) is 7.11 Å². The Balaban J connectivity index is 3.45. The van der Waals surface area contributed by atoms with E-state index >= 15 is 0 Å². The van der Waals surface area contributed by atoms with E-state index < -0.39 is 12.0 Å². The fourth-order valence-corrected chi connectivity index (χ4v) is 0.327. The number of hydrogen-bond donors (Lipinski definition) is 2. The Morgan fingerprint density at radius 3 is 2.67 bits per heavy atom. The molecule has 0 saturated carbocycles. The van der Waals surface area contributed by atoms with Crippen molar-refractivity contribution in [1.29, 1.82) is 0 Å². The van der Waals surface area contributed by atoms with Crippen LogP contribution in [0.4, 0.5) is 0 Å². The van der Waals surface area contributed by atoms with Crippen molar-refractivity contribution in [2.45, 2.75) is 13.0 Å². The van der Waals surface area contributed by atoms with E-state index in [0.717, 1.165) is 0 Å². The molecule has 1 atom stereocenters. The SMILES string of the molecule is COC(=O)[C@H](C)NON. The Morgan fingerprint density at radius 1 is 1.78 bits per heavy atom. The Bertz CT molecular complexity index is 95.8. The lowest BCUT2D eigenvalue weighted by molar-refractivity contribution is -0.147. The van der Waals surface area contributed by atoms with Crippen LogP contribution in [0, 0.1) is 0 Å². The van der Waals surface area contributed by atoms with Crippen molar-refractivity contribution in [2.75, 3.05) is 7.11 Å². The number of nitrogens with one attached hydrogen (secondary N) is 1. The summed E-state index contributed by atoms with van der Waals surface area (Å²) in [6.45, 7) is 1.57. The summed E-state index contributed by atoms with van der Waals surface area (Å²) >= 11 is 0. The van der Waals surface area contributed by atoms with Crippen LogP contribution in [0.5, 0.6) is 0 Å². The lowest BCUT2D eigenvalue weighted by Gasteiger charge is -2.06. The third-order valence-electron chi connectivity index (χ3n) is 0.800. The first-order chi connectivity index (χ1) is 4.22. The minimum Gasteiger partial charge on any atom is -0.468 e. The van der Waals surface area contributed by atoms with Crippen LogP contribution in [0.1, 0.15) is 6.92 Å². The predicted molar refractivity (Wildman–Crippen MR) is 29.9 cm³/mol. The molecule has 0 aromatic heterocycles. The molecule has 0 heterocycles. The standard InChI is InChI=1S/C4H10N2O3/c1-3(6-9-5)4(7)8-2/h3,6H,5H2,1-2H3/t3-/m0/s1. The zero-order valence-electron chi connectivity index (χ0n) is 5.38. The molecule has 0 radical (unpaired) electrons. The average Bonchev–Trinajstić information content (AvgIpc) is 1.87. The van der Waals surface area contributed by atoms with E-state index in [4.69, 9.17) is 0 Å². The summed E-state index contributed by atoms with van der Waals surface area (Å²) in [6, 6.07) is -0.528. The summed E-state index contributed by atoms with van der Waals surface area (Å²) in [6.07, 6.45) is 0. The fraction of sp³-hybridized carbons (Fsp3) is 0.750. The maximum atomic E-state index is 10.5.